The predicted octanol–water partition coefficient (Wildman–Crippen LogP) is 5.27. The SMILES string of the molecule is CCOc1ccc(Oc2ccc(NC(=O)c3cccc(F)c3)cc2)cc1. The Kier molecular flexibility index (Phi) is 5.49. The van der Waals surface area contributed by atoms with Crippen LogP contribution in [0, 0.1) is 5.82 Å². The molecule has 0 aliphatic rings. The van der Waals surface area contributed by atoms with Crippen LogP contribution in [0.2, 0.25) is 0 Å². The van der Waals surface area contributed by atoms with Crippen molar-refractivity contribution in [2.75, 3.05) is 11.9 Å². The second-order valence-corrected chi connectivity index (χ2v) is 5.50. The summed E-state index contributed by atoms with van der Waals surface area (Å²) in [6, 6.07) is 19.8. The monoisotopic (exact) mass is 351 g/mol. The van der Waals surface area contributed by atoms with Crippen LogP contribution in [-0.4, -0.2) is 12.5 Å². The van der Waals surface area contributed by atoms with Gasteiger partial charge in [-0.15, -0.1) is 0 Å². The zero-order chi connectivity index (χ0) is 18.4. The Bertz CT molecular complexity index is 877. The van der Waals surface area contributed by atoms with Crippen molar-refractivity contribution in [2.45, 2.75) is 6.92 Å². The molecule has 0 aliphatic carbocycles. The topological polar surface area (TPSA) is 47.6 Å². The van der Waals surface area contributed by atoms with Crippen molar-refractivity contribution in [2.24, 2.45) is 0 Å². The fourth-order valence-electron chi connectivity index (χ4n) is 2.35. The number of hydrogen-bond acceptors (Lipinski definition) is 3. The van der Waals surface area contributed by atoms with E-state index in [1.54, 1.807) is 30.3 Å². The maximum absolute atomic E-state index is 13.2. The molecular formula is C21H18FNO3. The summed E-state index contributed by atoms with van der Waals surface area (Å²) >= 11 is 0. The Hall–Kier alpha value is -3.34. The van der Waals surface area contributed by atoms with Gasteiger partial charge in [-0.1, -0.05) is 6.07 Å². The Morgan fingerprint density at radius 2 is 1.54 bits per heavy atom. The zero-order valence-corrected chi connectivity index (χ0v) is 14.2. The molecule has 0 saturated carbocycles. The van der Waals surface area contributed by atoms with E-state index in [4.69, 9.17) is 9.47 Å². The van der Waals surface area contributed by atoms with Crippen LogP contribution in [0.4, 0.5) is 10.1 Å². The fourth-order valence-corrected chi connectivity index (χ4v) is 2.35. The normalized spacial score (nSPS) is 10.2. The molecule has 0 fully saturated rings. The van der Waals surface area contributed by atoms with Gasteiger partial charge in [-0.3, -0.25) is 4.79 Å². The number of nitrogens with one attached hydrogen (secondary N) is 1. The van der Waals surface area contributed by atoms with Crippen LogP contribution in [0.3, 0.4) is 0 Å². The average Bonchev–Trinajstić information content (AvgIpc) is 2.65. The predicted molar refractivity (Wildman–Crippen MR) is 98.5 cm³/mol. The first-order chi connectivity index (χ1) is 12.6. The van der Waals surface area contributed by atoms with Gasteiger partial charge in [0.25, 0.3) is 5.91 Å². The fraction of sp³-hybridized carbons (Fsp3) is 0.0952. The lowest BCUT2D eigenvalue weighted by atomic mass is 10.2. The molecule has 3 rings (SSSR count). The molecule has 0 aromatic heterocycles. The van der Waals surface area contributed by atoms with E-state index in [0.717, 1.165) is 5.75 Å². The molecule has 3 aromatic rings. The summed E-state index contributed by atoms with van der Waals surface area (Å²) in [4.78, 5) is 12.1. The third-order valence-corrected chi connectivity index (χ3v) is 3.57. The molecule has 5 heteroatoms. The Morgan fingerprint density at radius 3 is 2.15 bits per heavy atom. The second kappa shape index (κ2) is 8.16. The first-order valence-electron chi connectivity index (χ1n) is 8.22. The molecule has 0 bridgehead atoms. The Morgan fingerprint density at radius 1 is 0.923 bits per heavy atom. The summed E-state index contributed by atoms with van der Waals surface area (Å²) in [5.74, 6) is 1.29. The molecular weight excluding hydrogens is 333 g/mol. The number of benzene rings is 3. The van der Waals surface area contributed by atoms with Gasteiger partial charge in [-0.2, -0.15) is 0 Å². The molecule has 0 unspecified atom stereocenters. The molecule has 0 atom stereocenters. The third-order valence-electron chi connectivity index (χ3n) is 3.57. The van der Waals surface area contributed by atoms with Gasteiger partial charge in [0.2, 0.25) is 0 Å². The van der Waals surface area contributed by atoms with E-state index in [-0.39, 0.29) is 11.5 Å². The minimum atomic E-state index is -0.447. The van der Waals surface area contributed by atoms with Crippen molar-refractivity contribution in [1.29, 1.82) is 0 Å². The number of anilines is 1. The summed E-state index contributed by atoms with van der Waals surface area (Å²) in [5.41, 5.74) is 0.859. The van der Waals surface area contributed by atoms with Gasteiger partial charge in [0.15, 0.2) is 0 Å². The number of halogens is 1. The van der Waals surface area contributed by atoms with Crippen molar-refractivity contribution in [3.05, 3.63) is 84.2 Å². The van der Waals surface area contributed by atoms with E-state index in [1.165, 1.54) is 18.2 Å². The molecule has 1 N–H and O–H groups in total. The number of hydrogen-bond donors (Lipinski definition) is 1. The first kappa shape index (κ1) is 17.5. The number of rotatable bonds is 6. The summed E-state index contributed by atoms with van der Waals surface area (Å²) < 4.78 is 24.3. The van der Waals surface area contributed by atoms with Gasteiger partial charge < -0.3 is 14.8 Å². The molecule has 0 heterocycles. The van der Waals surface area contributed by atoms with Crippen molar-refractivity contribution in [3.8, 4) is 17.2 Å². The molecule has 0 radical (unpaired) electrons. The lowest BCUT2D eigenvalue weighted by molar-refractivity contribution is 0.102. The Labute approximate surface area is 151 Å². The molecule has 26 heavy (non-hydrogen) atoms. The first-order valence-corrected chi connectivity index (χ1v) is 8.22. The standard InChI is InChI=1S/C21H18FNO3/c1-2-25-18-10-12-20(13-11-18)26-19-8-6-17(7-9-19)23-21(24)15-4-3-5-16(22)14-15/h3-14H,2H2,1H3,(H,23,24). The van der Waals surface area contributed by atoms with Gasteiger partial charge in [-0.05, 0) is 73.7 Å². The molecule has 0 aliphatic heterocycles. The van der Waals surface area contributed by atoms with Crippen LogP contribution in [0.5, 0.6) is 17.2 Å². The van der Waals surface area contributed by atoms with Crippen LogP contribution in [0.25, 0.3) is 0 Å². The molecule has 0 saturated heterocycles. The lowest BCUT2D eigenvalue weighted by Gasteiger charge is -2.09. The van der Waals surface area contributed by atoms with Gasteiger partial charge in [0.1, 0.15) is 23.1 Å². The van der Waals surface area contributed by atoms with Gasteiger partial charge >= 0.3 is 0 Å². The van der Waals surface area contributed by atoms with Gasteiger partial charge in [0.05, 0.1) is 6.61 Å². The highest BCUT2D eigenvalue weighted by Crippen LogP contribution is 2.25. The second-order valence-electron chi connectivity index (χ2n) is 5.50. The van der Waals surface area contributed by atoms with Crippen molar-refractivity contribution < 1.29 is 18.7 Å². The van der Waals surface area contributed by atoms with E-state index in [9.17, 15) is 9.18 Å². The number of carbonyl (C=O) groups is 1. The quantitative estimate of drug-likeness (QED) is 0.658. The van der Waals surface area contributed by atoms with Crippen LogP contribution in [0.1, 0.15) is 17.3 Å². The summed E-state index contributed by atoms with van der Waals surface area (Å²) in [5, 5.41) is 2.72. The lowest BCUT2D eigenvalue weighted by Crippen LogP contribution is -2.11. The average molecular weight is 351 g/mol. The van der Waals surface area contributed by atoms with Crippen molar-refractivity contribution in [3.63, 3.8) is 0 Å². The highest BCUT2D eigenvalue weighted by molar-refractivity contribution is 6.04. The molecule has 1 amide bonds. The summed E-state index contributed by atoms with van der Waals surface area (Å²) in [6.07, 6.45) is 0. The van der Waals surface area contributed by atoms with Gasteiger partial charge in [0, 0.05) is 11.3 Å². The highest BCUT2D eigenvalue weighted by atomic mass is 19.1. The molecule has 132 valence electrons. The van der Waals surface area contributed by atoms with E-state index in [0.29, 0.717) is 23.8 Å². The maximum Gasteiger partial charge on any atom is 0.255 e. The van der Waals surface area contributed by atoms with E-state index in [2.05, 4.69) is 5.32 Å². The van der Waals surface area contributed by atoms with E-state index >= 15 is 0 Å². The van der Waals surface area contributed by atoms with E-state index in [1.807, 2.05) is 31.2 Å². The number of amides is 1. The number of carbonyl (C=O) groups excluding carboxylic acids is 1. The van der Waals surface area contributed by atoms with Crippen LogP contribution < -0.4 is 14.8 Å². The van der Waals surface area contributed by atoms with E-state index < -0.39 is 5.82 Å². The summed E-state index contributed by atoms with van der Waals surface area (Å²) in [6.45, 7) is 2.54. The van der Waals surface area contributed by atoms with Crippen molar-refractivity contribution in [1.82, 2.24) is 0 Å². The highest BCUT2D eigenvalue weighted by Gasteiger charge is 2.07. The molecule has 4 nitrogen and oxygen atoms in total. The summed E-state index contributed by atoms with van der Waals surface area (Å²) in [7, 11) is 0. The minimum Gasteiger partial charge on any atom is -0.494 e. The zero-order valence-electron chi connectivity index (χ0n) is 14.2. The van der Waals surface area contributed by atoms with Crippen LogP contribution >= 0.6 is 0 Å². The molecule has 0 spiro atoms. The smallest absolute Gasteiger partial charge is 0.255 e. The third kappa shape index (κ3) is 4.60. The minimum absolute atomic E-state index is 0.264. The molecule has 3 aromatic carbocycles. The maximum atomic E-state index is 13.2. The van der Waals surface area contributed by atoms with Crippen molar-refractivity contribution >= 4 is 11.6 Å². The largest absolute Gasteiger partial charge is 0.494 e. The van der Waals surface area contributed by atoms with Gasteiger partial charge in [-0.25, -0.2) is 4.39 Å². The number of ether oxygens (including phenoxy) is 2. The van der Waals surface area contributed by atoms with Crippen LogP contribution in [0.15, 0.2) is 72.8 Å². The van der Waals surface area contributed by atoms with Crippen LogP contribution in [-0.2, 0) is 0 Å². The Balaban J connectivity index is 1.62.